The lowest BCUT2D eigenvalue weighted by atomic mass is 9.89. The van der Waals surface area contributed by atoms with Crippen molar-refractivity contribution in [1.29, 1.82) is 0 Å². The third-order valence-corrected chi connectivity index (χ3v) is 3.36. The molecule has 0 spiro atoms. The zero-order valence-electron chi connectivity index (χ0n) is 10.8. The van der Waals surface area contributed by atoms with E-state index >= 15 is 0 Å². The predicted octanol–water partition coefficient (Wildman–Crippen LogP) is 3.47. The lowest BCUT2D eigenvalue weighted by molar-refractivity contribution is 0.135. The molecule has 1 aliphatic rings. The van der Waals surface area contributed by atoms with Crippen LogP contribution in [0.15, 0.2) is 18.5 Å². The molecule has 1 N–H and O–H groups in total. The summed E-state index contributed by atoms with van der Waals surface area (Å²) >= 11 is 0. The molecule has 0 bridgehead atoms. The number of hydrogen-bond acceptors (Lipinski definition) is 3. The Hall–Kier alpha value is -1.25. The van der Waals surface area contributed by atoms with E-state index < -0.39 is 0 Å². The van der Waals surface area contributed by atoms with Gasteiger partial charge >= 0.3 is 0 Å². The van der Waals surface area contributed by atoms with Crippen LogP contribution in [0, 0.1) is 5.92 Å². The first kappa shape index (κ1) is 12.2. The first-order valence-electron chi connectivity index (χ1n) is 6.63. The van der Waals surface area contributed by atoms with Crippen molar-refractivity contribution in [1.82, 2.24) is 4.98 Å². The van der Waals surface area contributed by atoms with Gasteiger partial charge in [-0.05, 0) is 38.5 Å². The fourth-order valence-corrected chi connectivity index (χ4v) is 2.32. The zero-order valence-corrected chi connectivity index (χ0v) is 10.8. The maximum atomic E-state index is 5.99. The van der Waals surface area contributed by atoms with E-state index in [1.54, 1.807) is 6.20 Å². The van der Waals surface area contributed by atoms with E-state index in [9.17, 15) is 0 Å². The highest BCUT2D eigenvalue weighted by Crippen LogP contribution is 2.27. The third-order valence-electron chi connectivity index (χ3n) is 3.36. The van der Waals surface area contributed by atoms with Crippen LogP contribution in [-0.4, -0.2) is 17.6 Å². The van der Waals surface area contributed by atoms with Gasteiger partial charge in [0.25, 0.3) is 0 Å². The second-order valence-electron chi connectivity index (χ2n) is 4.94. The van der Waals surface area contributed by atoms with E-state index in [1.165, 1.54) is 25.7 Å². The second kappa shape index (κ2) is 5.89. The van der Waals surface area contributed by atoms with E-state index in [2.05, 4.69) is 24.1 Å². The maximum absolute atomic E-state index is 5.99. The minimum atomic E-state index is 0.380. The van der Waals surface area contributed by atoms with Crippen molar-refractivity contribution in [3.8, 4) is 5.75 Å². The molecule has 0 unspecified atom stereocenters. The SMILES string of the molecule is CCNc1cncc(OC2CCC(C)CC2)c1. The van der Waals surface area contributed by atoms with E-state index in [-0.39, 0.29) is 0 Å². The van der Waals surface area contributed by atoms with E-state index in [0.717, 1.165) is 23.9 Å². The number of nitrogens with zero attached hydrogens (tertiary/aromatic N) is 1. The molecule has 0 aromatic carbocycles. The van der Waals surface area contributed by atoms with Crippen molar-refractivity contribution in [3.05, 3.63) is 18.5 Å². The molecule has 0 aliphatic heterocycles. The van der Waals surface area contributed by atoms with Crippen LogP contribution in [0.2, 0.25) is 0 Å². The lowest BCUT2D eigenvalue weighted by Gasteiger charge is -2.26. The molecule has 1 aromatic heterocycles. The summed E-state index contributed by atoms with van der Waals surface area (Å²) in [6.07, 6.45) is 8.93. The summed E-state index contributed by atoms with van der Waals surface area (Å²) in [5.74, 6) is 1.75. The summed E-state index contributed by atoms with van der Waals surface area (Å²) in [7, 11) is 0. The zero-order chi connectivity index (χ0) is 12.1. The Morgan fingerprint density at radius 1 is 1.29 bits per heavy atom. The van der Waals surface area contributed by atoms with Gasteiger partial charge in [0.15, 0.2) is 0 Å². The van der Waals surface area contributed by atoms with Gasteiger partial charge < -0.3 is 10.1 Å². The molecule has 0 saturated heterocycles. The highest BCUT2D eigenvalue weighted by Gasteiger charge is 2.19. The summed E-state index contributed by atoms with van der Waals surface area (Å²) in [4.78, 5) is 4.20. The van der Waals surface area contributed by atoms with Gasteiger partial charge in [-0.2, -0.15) is 0 Å². The van der Waals surface area contributed by atoms with Crippen molar-refractivity contribution in [2.24, 2.45) is 5.92 Å². The fourth-order valence-electron chi connectivity index (χ4n) is 2.32. The first-order valence-corrected chi connectivity index (χ1v) is 6.63. The van der Waals surface area contributed by atoms with Crippen molar-refractivity contribution >= 4 is 5.69 Å². The van der Waals surface area contributed by atoms with Crippen molar-refractivity contribution in [3.63, 3.8) is 0 Å². The van der Waals surface area contributed by atoms with Crippen LogP contribution in [0.3, 0.4) is 0 Å². The Labute approximate surface area is 104 Å². The molecule has 2 rings (SSSR count). The molecule has 1 fully saturated rings. The molecule has 0 atom stereocenters. The Kier molecular flexibility index (Phi) is 4.24. The monoisotopic (exact) mass is 234 g/mol. The normalized spacial score (nSPS) is 24.4. The maximum Gasteiger partial charge on any atom is 0.140 e. The van der Waals surface area contributed by atoms with Crippen molar-refractivity contribution < 1.29 is 4.74 Å². The van der Waals surface area contributed by atoms with E-state index in [1.807, 2.05) is 12.3 Å². The standard InChI is InChI=1S/C14H22N2O/c1-3-16-12-8-14(10-15-9-12)17-13-6-4-11(2)5-7-13/h8-11,13,16H,3-7H2,1-2H3. The summed E-state index contributed by atoms with van der Waals surface area (Å²) in [6, 6.07) is 2.04. The summed E-state index contributed by atoms with van der Waals surface area (Å²) in [5, 5.41) is 3.25. The number of nitrogens with one attached hydrogen (secondary N) is 1. The minimum absolute atomic E-state index is 0.380. The molecule has 94 valence electrons. The number of ether oxygens (including phenoxy) is 1. The quantitative estimate of drug-likeness (QED) is 0.866. The highest BCUT2D eigenvalue weighted by atomic mass is 16.5. The Morgan fingerprint density at radius 2 is 2.06 bits per heavy atom. The molecular formula is C14H22N2O. The number of aromatic nitrogens is 1. The fraction of sp³-hybridized carbons (Fsp3) is 0.643. The average Bonchev–Trinajstić information content (AvgIpc) is 2.33. The Bertz CT molecular complexity index is 346. The predicted molar refractivity (Wildman–Crippen MR) is 70.4 cm³/mol. The summed E-state index contributed by atoms with van der Waals surface area (Å²) < 4.78 is 5.99. The van der Waals surface area contributed by atoms with Gasteiger partial charge in [-0.1, -0.05) is 6.92 Å². The number of hydrogen-bond donors (Lipinski definition) is 1. The smallest absolute Gasteiger partial charge is 0.140 e. The molecule has 17 heavy (non-hydrogen) atoms. The van der Waals surface area contributed by atoms with Crippen LogP contribution in [0.25, 0.3) is 0 Å². The molecule has 1 heterocycles. The molecule has 3 nitrogen and oxygen atoms in total. The van der Waals surface area contributed by atoms with Crippen molar-refractivity contribution in [2.45, 2.75) is 45.6 Å². The minimum Gasteiger partial charge on any atom is -0.489 e. The highest BCUT2D eigenvalue weighted by molar-refractivity contribution is 5.44. The van der Waals surface area contributed by atoms with Gasteiger partial charge in [0.2, 0.25) is 0 Å². The van der Waals surface area contributed by atoms with Gasteiger partial charge in [-0.3, -0.25) is 4.98 Å². The van der Waals surface area contributed by atoms with E-state index in [4.69, 9.17) is 4.74 Å². The van der Waals surface area contributed by atoms with Crippen LogP contribution in [0.4, 0.5) is 5.69 Å². The van der Waals surface area contributed by atoms with Crippen LogP contribution in [0.1, 0.15) is 39.5 Å². The van der Waals surface area contributed by atoms with Crippen LogP contribution in [0.5, 0.6) is 5.75 Å². The largest absolute Gasteiger partial charge is 0.489 e. The topological polar surface area (TPSA) is 34.2 Å². The lowest BCUT2D eigenvalue weighted by Crippen LogP contribution is -2.23. The van der Waals surface area contributed by atoms with Gasteiger partial charge in [0.05, 0.1) is 24.2 Å². The van der Waals surface area contributed by atoms with Crippen molar-refractivity contribution in [2.75, 3.05) is 11.9 Å². The molecule has 1 saturated carbocycles. The molecule has 0 radical (unpaired) electrons. The van der Waals surface area contributed by atoms with Crippen LogP contribution >= 0.6 is 0 Å². The average molecular weight is 234 g/mol. The molecular weight excluding hydrogens is 212 g/mol. The second-order valence-corrected chi connectivity index (χ2v) is 4.94. The Morgan fingerprint density at radius 3 is 2.76 bits per heavy atom. The Balaban J connectivity index is 1.91. The van der Waals surface area contributed by atoms with Gasteiger partial charge in [-0.15, -0.1) is 0 Å². The molecule has 1 aliphatic carbocycles. The van der Waals surface area contributed by atoms with Gasteiger partial charge in [0.1, 0.15) is 5.75 Å². The number of rotatable bonds is 4. The molecule has 3 heteroatoms. The van der Waals surface area contributed by atoms with E-state index in [0.29, 0.717) is 6.10 Å². The van der Waals surface area contributed by atoms with Gasteiger partial charge in [-0.25, -0.2) is 0 Å². The van der Waals surface area contributed by atoms with Gasteiger partial charge in [0, 0.05) is 12.6 Å². The van der Waals surface area contributed by atoms with Crippen LogP contribution in [-0.2, 0) is 0 Å². The molecule has 0 amide bonds. The third kappa shape index (κ3) is 3.62. The first-order chi connectivity index (χ1) is 8.28. The summed E-state index contributed by atoms with van der Waals surface area (Å²) in [5.41, 5.74) is 1.04. The van der Waals surface area contributed by atoms with Crippen LogP contribution < -0.4 is 10.1 Å². The molecule has 1 aromatic rings. The number of pyridine rings is 1. The summed E-state index contributed by atoms with van der Waals surface area (Å²) in [6.45, 7) is 5.31. The number of anilines is 1.